The van der Waals surface area contributed by atoms with E-state index in [9.17, 15) is 19.0 Å². The quantitative estimate of drug-likeness (QED) is 0.0267. The van der Waals surface area contributed by atoms with Crippen LogP contribution in [0.1, 0.15) is 162 Å². The molecule has 10 heteroatoms. The molecule has 9 nitrogen and oxygen atoms in total. The van der Waals surface area contributed by atoms with Crippen molar-refractivity contribution in [2.45, 2.75) is 168 Å². The molecule has 3 N–H and O–H groups in total. The van der Waals surface area contributed by atoms with Gasteiger partial charge in [0.25, 0.3) is 0 Å². The molecule has 0 amide bonds. The van der Waals surface area contributed by atoms with Crippen LogP contribution in [0.3, 0.4) is 0 Å². The molecule has 0 saturated carbocycles. The molecule has 0 aromatic heterocycles. The van der Waals surface area contributed by atoms with Crippen molar-refractivity contribution in [1.29, 1.82) is 0 Å². The molecular formula is C50H82NO8P. The lowest BCUT2D eigenvalue weighted by molar-refractivity contribution is -0.161. The highest BCUT2D eigenvalue weighted by Crippen LogP contribution is 2.43. The van der Waals surface area contributed by atoms with Gasteiger partial charge in [-0.25, -0.2) is 4.57 Å². The highest BCUT2D eigenvalue weighted by atomic mass is 31.2. The summed E-state index contributed by atoms with van der Waals surface area (Å²) in [4.78, 5) is 34.6. The van der Waals surface area contributed by atoms with E-state index in [0.29, 0.717) is 6.42 Å². The molecule has 2 unspecified atom stereocenters. The first kappa shape index (κ1) is 56.7. The number of carbonyl (C=O) groups excluding carboxylic acids is 2. The zero-order valence-electron chi connectivity index (χ0n) is 37.4. The van der Waals surface area contributed by atoms with Gasteiger partial charge in [-0.2, -0.15) is 0 Å². The summed E-state index contributed by atoms with van der Waals surface area (Å²) in [6.45, 7) is 3.49. The predicted molar refractivity (Wildman–Crippen MR) is 251 cm³/mol. The third-order valence-corrected chi connectivity index (χ3v) is 9.91. The van der Waals surface area contributed by atoms with Crippen LogP contribution in [0, 0.1) is 0 Å². The average Bonchev–Trinajstić information content (AvgIpc) is 3.24. The summed E-state index contributed by atoms with van der Waals surface area (Å²) in [6.07, 6.45) is 60.3. The fourth-order valence-electron chi connectivity index (χ4n) is 5.57. The summed E-state index contributed by atoms with van der Waals surface area (Å²) in [5.41, 5.74) is 5.33. The monoisotopic (exact) mass is 856 g/mol. The topological polar surface area (TPSA) is 134 Å². The number of phosphoric acid groups is 1. The zero-order chi connectivity index (χ0) is 43.9. The van der Waals surface area contributed by atoms with Gasteiger partial charge in [-0.1, -0.05) is 175 Å². The number of hydrogen-bond donors (Lipinski definition) is 2. The number of esters is 2. The van der Waals surface area contributed by atoms with Crippen molar-refractivity contribution in [1.82, 2.24) is 0 Å². The van der Waals surface area contributed by atoms with Crippen LogP contribution < -0.4 is 5.73 Å². The van der Waals surface area contributed by atoms with E-state index in [2.05, 4.69) is 123 Å². The summed E-state index contributed by atoms with van der Waals surface area (Å²) in [7, 11) is -4.38. The number of unbranched alkanes of at least 4 members (excludes halogenated alkanes) is 10. The number of carbonyl (C=O) groups is 2. The lowest BCUT2D eigenvalue weighted by atomic mass is 10.1. The summed E-state index contributed by atoms with van der Waals surface area (Å²) in [6, 6.07) is 0. The molecule has 340 valence electrons. The van der Waals surface area contributed by atoms with Crippen molar-refractivity contribution < 1.29 is 37.6 Å². The van der Waals surface area contributed by atoms with E-state index in [1.165, 1.54) is 6.42 Å². The van der Waals surface area contributed by atoms with Crippen LogP contribution in [0.2, 0.25) is 0 Å². The SMILES string of the molecule is CC/C=C\C/C=C\C/C=C\C/C=C\C/C=C\C/C=C\C/C=C\C/C=C\C/C=C\CCCCCCCC(=O)OC(COC(=O)CCCCCCCC)COP(=O)(O)OCCN. The van der Waals surface area contributed by atoms with Crippen LogP contribution in [-0.2, 0) is 32.7 Å². The fourth-order valence-corrected chi connectivity index (χ4v) is 6.33. The Morgan fingerprint density at radius 1 is 0.517 bits per heavy atom. The molecule has 0 aliphatic carbocycles. The van der Waals surface area contributed by atoms with E-state index in [1.54, 1.807) is 0 Å². The highest BCUT2D eigenvalue weighted by molar-refractivity contribution is 7.47. The fraction of sp³-hybridized carbons (Fsp3) is 0.600. The van der Waals surface area contributed by atoms with Crippen LogP contribution in [0.25, 0.3) is 0 Å². The van der Waals surface area contributed by atoms with Gasteiger partial charge in [0.05, 0.1) is 13.2 Å². The third kappa shape index (κ3) is 44.2. The van der Waals surface area contributed by atoms with E-state index in [-0.39, 0.29) is 32.6 Å². The van der Waals surface area contributed by atoms with Crippen LogP contribution in [0.5, 0.6) is 0 Å². The molecule has 0 spiro atoms. The molecule has 0 fully saturated rings. The summed E-state index contributed by atoms with van der Waals surface area (Å²) in [5, 5.41) is 0. The van der Waals surface area contributed by atoms with E-state index >= 15 is 0 Å². The van der Waals surface area contributed by atoms with Gasteiger partial charge in [0.2, 0.25) is 0 Å². The first-order chi connectivity index (χ1) is 29.3. The molecular weight excluding hydrogens is 774 g/mol. The van der Waals surface area contributed by atoms with Gasteiger partial charge in [0.1, 0.15) is 6.61 Å². The minimum Gasteiger partial charge on any atom is -0.462 e. The van der Waals surface area contributed by atoms with Gasteiger partial charge >= 0.3 is 19.8 Å². The maximum Gasteiger partial charge on any atom is 0.472 e. The maximum atomic E-state index is 12.5. The third-order valence-electron chi connectivity index (χ3n) is 8.92. The molecule has 60 heavy (non-hydrogen) atoms. The van der Waals surface area contributed by atoms with Crippen molar-refractivity contribution >= 4 is 19.8 Å². The van der Waals surface area contributed by atoms with E-state index < -0.39 is 32.5 Å². The number of allylic oxidation sites excluding steroid dienone is 18. The molecule has 0 aliphatic rings. The molecule has 0 aromatic carbocycles. The molecule has 0 radical (unpaired) electrons. The maximum absolute atomic E-state index is 12.5. The molecule has 0 aliphatic heterocycles. The first-order valence-electron chi connectivity index (χ1n) is 22.9. The zero-order valence-corrected chi connectivity index (χ0v) is 38.3. The number of ether oxygens (including phenoxy) is 2. The average molecular weight is 856 g/mol. The summed E-state index contributed by atoms with van der Waals surface area (Å²) >= 11 is 0. The van der Waals surface area contributed by atoms with Crippen LogP contribution >= 0.6 is 7.82 Å². The molecule has 0 bridgehead atoms. The minimum absolute atomic E-state index is 0.0446. The van der Waals surface area contributed by atoms with Crippen LogP contribution in [0.15, 0.2) is 109 Å². The lowest BCUT2D eigenvalue weighted by Gasteiger charge is -2.19. The highest BCUT2D eigenvalue weighted by Gasteiger charge is 2.26. The Balaban J connectivity index is 4.03. The van der Waals surface area contributed by atoms with Crippen LogP contribution in [0.4, 0.5) is 0 Å². The largest absolute Gasteiger partial charge is 0.472 e. The van der Waals surface area contributed by atoms with Gasteiger partial charge in [-0.15, -0.1) is 0 Å². The second kappa shape index (κ2) is 45.2. The number of phosphoric ester groups is 1. The Bertz CT molecular complexity index is 1340. The predicted octanol–water partition coefficient (Wildman–Crippen LogP) is 13.6. The van der Waals surface area contributed by atoms with Crippen LogP contribution in [-0.4, -0.2) is 49.3 Å². The van der Waals surface area contributed by atoms with Gasteiger partial charge in [0.15, 0.2) is 6.10 Å². The second-order valence-electron chi connectivity index (χ2n) is 14.5. The van der Waals surface area contributed by atoms with E-state index in [0.717, 1.165) is 122 Å². The number of nitrogens with two attached hydrogens (primary N) is 1. The Kier molecular flexibility index (Phi) is 42.7. The Hall–Kier alpha value is -3.33. The lowest BCUT2D eigenvalue weighted by Crippen LogP contribution is -2.29. The minimum atomic E-state index is -4.38. The Morgan fingerprint density at radius 2 is 0.917 bits per heavy atom. The Labute approximate surface area is 365 Å². The van der Waals surface area contributed by atoms with Crippen molar-refractivity contribution in [2.24, 2.45) is 5.73 Å². The smallest absolute Gasteiger partial charge is 0.462 e. The van der Waals surface area contributed by atoms with Gasteiger partial charge in [-0.3, -0.25) is 18.6 Å². The summed E-state index contributed by atoms with van der Waals surface area (Å²) in [5.74, 6) is -0.872. The van der Waals surface area contributed by atoms with Gasteiger partial charge in [-0.05, 0) is 83.5 Å². The van der Waals surface area contributed by atoms with Crippen molar-refractivity contribution in [3.63, 3.8) is 0 Å². The molecule has 0 heterocycles. The summed E-state index contributed by atoms with van der Waals surface area (Å²) < 4.78 is 32.6. The number of rotatable bonds is 41. The molecule has 0 aromatic rings. The second-order valence-corrected chi connectivity index (χ2v) is 16.0. The molecule has 0 saturated heterocycles. The number of hydrogen-bond acceptors (Lipinski definition) is 8. The standard InChI is InChI=1S/C50H82NO8P/c1-3-5-7-9-11-12-13-14-15-16-17-18-19-20-21-22-23-24-25-26-27-28-29-30-31-32-33-34-35-36-37-39-41-43-50(53)59-48(47-58-60(54,55)57-45-44-51)46-56-49(52)42-40-38-10-8-6-4-2/h5,7,11-12,14-15,17-18,20-21,23-24,26-27,29-30,32-33,48H,3-4,6,8-10,13,16,19,22,25,28,31,34-47,51H2,1-2H3,(H,54,55)/b7-5-,12-11-,15-14-,18-17-,21-20-,24-23-,27-26-,30-29-,33-32-. The first-order valence-corrected chi connectivity index (χ1v) is 24.4. The normalized spacial score (nSPS) is 14.3. The van der Waals surface area contributed by atoms with Gasteiger partial charge in [0, 0.05) is 19.4 Å². The van der Waals surface area contributed by atoms with E-state index in [4.69, 9.17) is 24.3 Å². The molecule has 0 rings (SSSR count). The Morgan fingerprint density at radius 3 is 1.37 bits per heavy atom. The molecule has 2 atom stereocenters. The van der Waals surface area contributed by atoms with Crippen molar-refractivity contribution in [2.75, 3.05) is 26.4 Å². The van der Waals surface area contributed by atoms with Crippen molar-refractivity contribution in [3.8, 4) is 0 Å². The van der Waals surface area contributed by atoms with E-state index in [1.807, 2.05) is 0 Å². The van der Waals surface area contributed by atoms with Gasteiger partial charge < -0.3 is 20.1 Å². The van der Waals surface area contributed by atoms with Crippen molar-refractivity contribution in [3.05, 3.63) is 109 Å².